The molecule has 1 amide bonds. The number of aromatic nitrogens is 1. The van der Waals surface area contributed by atoms with Crippen LogP contribution in [0.2, 0.25) is 0 Å². The number of nitrogens with zero attached hydrogens (tertiary/aromatic N) is 2. The molecule has 0 bridgehead atoms. The lowest BCUT2D eigenvalue weighted by Crippen LogP contribution is -2.38. The Balaban J connectivity index is 2.11. The molecule has 5 nitrogen and oxygen atoms in total. The average molecular weight is 268 g/mol. The number of carboxylic acid groups (broad SMARTS) is 1. The smallest absolute Gasteiger partial charge is 0.326 e. The summed E-state index contributed by atoms with van der Waals surface area (Å²) in [5, 5.41) is 12.0. The van der Waals surface area contributed by atoms with Gasteiger partial charge in [0.15, 0.2) is 0 Å². The van der Waals surface area contributed by atoms with Crippen LogP contribution in [0.5, 0.6) is 0 Å². The number of amides is 1. The number of hydrogen-bond donors (Lipinski definition) is 1. The Morgan fingerprint density at radius 1 is 1.67 bits per heavy atom. The lowest BCUT2D eigenvalue weighted by molar-refractivity contribution is -0.146. The second-order valence-electron chi connectivity index (χ2n) is 4.75. The maximum Gasteiger partial charge on any atom is 0.326 e. The van der Waals surface area contributed by atoms with Crippen LogP contribution in [0.25, 0.3) is 0 Å². The van der Waals surface area contributed by atoms with Crippen molar-refractivity contribution in [3.63, 3.8) is 0 Å². The molecular formula is C12H16N2O3S. The fourth-order valence-electron chi connectivity index (χ4n) is 2.02. The summed E-state index contributed by atoms with van der Waals surface area (Å²) in [6.07, 6.45) is 0.716. The number of thiazole rings is 1. The normalized spacial score (nSPS) is 19.8. The van der Waals surface area contributed by atoms with Crippen LogP contribution in [0.3, 0.4) is 0 Å². The SMILES string of the molecule is CC(C)c1nc(CN2C(=O)CCC2C(=O)O)cs1. The monoisotopic (exact) mass is 268 g/mol. The molecule has 1 aromatic rings. The van der Waals surface area contributed by atoms with Crippen molar-refractivity contribution in [2.45, 2.75) is 45.2 Å². The highest BCUT2D eigenvalue weighted by molar-refractivity contribution is 7.09. The van der Waals surface area contributed by atoms with Gasteiger partial charge in [-0.15, -0.1) is 11.3 Å². The molecule has 1 unspecified atom stereocenters. The zero-order chi connectivity index (χ0) is 13.3. The van der Waals surface area contributed by atoms with Crippen molar-refractivity contribution in [3.05, 3.63) is 16.1 Å². The molecule has 1 aromatic heterocycles. The first-order chi connectivity index (χ1) is 8.49. The molecule has 1 saturated heterocycles. The standard InChI is InChI=1S/C12H16N2O3S/c1-7(2)11-13-8(6-18-11)5-14-9(12(16)17)3-4-10(14)15/h6-7,9H,3-5H2,1-2H3,(H,16,17). The Kier molecular flexibility index (Phi) is 3.65. The van der Waals surface area contributed by atoms with E-state index in [4.69, 9.17) is 5.11 Å². The number of hydrogen-bond acceptors (Lipinski definition) is 4. The number of aliphatic carboxylic acids is 1. The Morgan fingerprint density at radius 2 is 2.39 bits per heavy atom. The van der Waals surface area contributed by atoms with Gasteiger partial charge in [-0.05, 0) is 6.42 Å². The van der Waals surface area contributed by atoms with Gasteiger partial charge in [-0.3, -0.25) is 4.79 Å². The summed E-state index contributed by atoms with van der Waals surface area (Å²) in [4.78, 5) is 28.6. The summed E-state index contributed by atoms with van der Waals surface area (Å²) < 4.78 is 0. The van der Waals surface area contributed by atoms with E-state index in [-0.39, 0.29) is 5.91 Å². The predicted octanol–water partition coefficient (Wildman–Crippen LogP) is 1.84. The molecule has 98 valence electrons. The van der Waals surface area contributed by atoms with Gasteiger partial charge in [-0.25, -0.2) is 9.78 Å². The van der Waals surface area contributed by atoms with Crippen molar-refractivity contribution in [2.24, 2.45) is 0 Å². The van der Waals surface area contributed by atoms with Crippen LogP contribution in [0.1, 0.15) is 43.3 Å². The van der Waals surface area contributed by atoms with E-state index in [2.05, 4.69) is 18.8 Å². The molecule has 1 atom stereocenters. The molecule has 18 heavy (non-hydrogen) atoms. The van der Waals surface area contributed by atoms with E-state index in [1.807, 2.05) is 5.38 Å². The van der Waals surface area contributed by atoms with Crippen LogP contribution < -0.4 is 0 Å². The van der Waals surface area contributed by atoms with Crippen molar-refractivity contribution in [2.75, 3.05) is 0 Å². The van der Waals surface area contributed by atoms with E-state index in [1.54, 1.807) is 11.3 Å². The van der Waals surface area contributed by atoms with Crippen LogP contribution in [-0.4, -0.2) is 32.9 Å². The lowest BCUT2D eigenvalue weighted by atomic mass is 10.2. The van der Waals surface area contributed by atoms with Crippen LogP contribution >= 0.6 is 11.3 Å². The minimum absolute atomic E-state index is 0.0958. The molecule has 0 saturated carbocycles. The van der Waals surface area contributed by atoms with Crippen molar-refractivity contribution in [1.82, 2.24) is 9.88 Å². The minimum atomic E-state index is -0.930. The fourth-order valence-corrected chi connectivity index (χ4v) is 2.85. The molecule has 2 rings (SSSR count). The maximum absolute atomic E-state index is 11.7. The molecule has 1 fully saturated rings. The molecule has 0 aromatic carbocycles. The first-order valence-electron chi connectivity index (χ1n) is 5.95. The highest BCUT2D eigenvalue weighted by Gasteiger charge is 2.36. The van der Waals surface area contributed by atoms with E-state index in [0.29, 0.717) is 25.3 Å². The molecule has 6 heteroatoms. The van der Waals surface area contributed by atoms with Crippen LogP contribution in [0.15, 0.2) is 5.38 Å². The molecule has 0 aliphatic carbocycles. The third-order valence-electron chi connectivity index (χ3n) is 3.01. The largest absolute Gasteiger partial charge is 0.480 e. The van der Waals surface area contributed by atoms with E-state index in [9.17, 15) is 9.59 Å². The Hall–Kier alpha value is -1.43. The Labute approximate surface area is 109 Å². The third kappa shape index (κ3) is 2.53. The van der Waals surface area contributed by atoms with Gasteiger partial charge >= 0.3 is 5.97 Å². The van der Waals surface area contributed by atoms with Crippen LogP contribution in [0, 0.1) is 0 Å². The number of carbonyl (C=O) groups is 2. The quantitative estimate of drug-likeness (QED) is 0.904. The second kappa shape index (κ2) is 5.06. The van der Waals surface area contributed by atoms with Gasteiger partial charge in [0, 0.05) is 17.7 Å². The first-order valence-corrected chi connectivity index (χ1v) is 6.83. The first kappa shape index (κ1) is 13.0. The zero-order valence-electron chi connectivity index (χ0n) is 10.4. The second-order valence-corrected chi connectivity index (χ2v) is 5.64. The summed E-state index contributed by atoms with van der Waals surface area (Å²) >= 11 is 1.56. The molecule has 2 heterocycles. The number of carboxylic acids is 1. The molecule has 1 N–H and O–H groups in total. The maximum atomic E-state index is 11.7. The Bertz CT molecular complexity index is 470. The highest BCUT2D eigenvalue weighted by atomic mass is 32.1. The van der Waals surface area contributed by atoms with Crippen molar-refractivity contribution in [1.29, 1.82) is 0 Å². The van der Waals surface area contributed by atoms with Gasteiger partial charge in [0.2, 0.25) is 5.91 Å². The lowest BCUT2D eigenvalue weighted by Gasteiger charge is -2.20. The highest BCUT2D eigenvalue weighted by Crippen LogP contribution is 2.24. The van der Waals surface area contributed by atoms with Crippen molar-refractivity contribution in [3.8, 4) is 0 Å². The molecular weight excluding hydrogens is 252 g/mol. The average Bonchev–Trinajstić information content (AvgIpc) is 2.88. The van der Waals surface area contributed by atoms with Gasteiger partial charge < -0.3 is 10.0 Å². The summed E-state index contributed by atoms with van der Waals surface area (Å²) in [7, 11) is 0. The van der Waals surface area contributed by atoms with Gasteiger partial charge in [0.1, 0.15) is 6.04 Å². The fraction of sp³-hybridized carbons (Fsp3) is 0.583. The van der Waals surface area contributed by atoms with E-state index < -0.39 is 12.0 Å². The van der Waals surface area contributed by atoms with E-state index in [1.165, 1.54) is 4.90 Å². The molecule has 1 aliphatic rings. The van der Waals surface area contributed by atoms with Gasteiger partial charge in [-0.1, -0.05) is 13.8 Å². The van der Waals surface area contributed by atoms with E-state index >= 15 is 0 Å². The number of rotatable bonds is 4. The summed E-state index contributed by atoms with van der Waals surface area (Å²) in [5.74, 6) is -0.671. The van der Waals surface area contributed by atoms with Crippen LogP contribution in [0.4, 0.5) is 0 Å². The number of likely N-dealkylation sites (tertiary alicyclic amines) is 1. The topological polar surface area (TPSA) is 70.5 Å². The van der Waals surface area contributed by atoms with Crippen molar-refractivity contribution < 1.29 is 14.7 Å². The number of carbonyl (C=O) groups excluding carboxylic acids is 1. The van der Waals surface area contributed by atoms with Crippen LogP contribution in [-0.2, 0) is 16.1 Å². The third-order valence-corrected chi connectivity index (χ3v) is 4.20. The summed E-state index contributed by atoms with van der Waals surface area (Å²) in [6.45, 7) is 4.42. The molecule has 0 radical (unpaired) electrons. The molecule has 1 aliphatic heterocycles. The summed E-state index contributed by atoms with van der Waals surface area (Å²) in [6, 6.07) is -0.693. The predicted molar refractivity (Wildman–Crippen MR) is 67.4 cm³/mol. The van der Waals surface area contributed by atoms with Gasteiger partial charge in [0.05, 0.1) is 17.2 Å². The van der Waals surface area contributed by atoms with Crippen molar-refractivity contribution >= 4 is 23.2 Å². The van der Waals surface area contributed by atoms with Gasteiger partial charge in [-0.2, -0.15) is 0 Å². The Morgan fingerprint density at radius 3 is 2.94 bits per heavy atom. The van der Waals surface area contributed by atoms with Gasteiger partial charge in [0.25, 0.3) is 0 Å². The zero-order valence-corrected chi connectivity index (χ0v) is 11.2. The van der Waals surface area contributed by atoms with E-state index in [0.717, 1.165) is 10.7 Å². The minimum Gasteiger partial charge on any atom is -0.480 e. The summed E-state index contributed by atoms with van der Waals surface area (Å²) in [5.41, 5.74) is 0.783. The molecule has 0 spiro atoms.